The van der Waals surface area contributed by atoms with Gasteiger partial charge in [-0.3, -0.25) is 0 Å². The maximum atomic E-state index is 13.2. The van der Waals surface area contributed by atoms with Crippen molar-refractivity contribution in [2.45, 2.75) is 39.2 Å². The molecule has 90 valence electrons. The first-order valence-electron chi connectivity index (χ1n) is 5.71. The zero-order chi connectivity index (χ0) is 12.1. The lowest BCUT2D eigenvalue weighted by atomic mass is 9.92. The van der Waals surface area contributed by atoms with Gasteiger partial charge in [0, 0.05) is 6.42 Å². The van der Waals surface area contributed by atoms with Crippen molar-refractivity contribution in [1.82, 2.24) is 0 Å². The highest BCUT2D eigenvalue weighted by Gasteiger charge is 2.17. The fourth-order valence-corrected chi connectivity index (χ4v) is 2.13. The molecule has 0 aliphatic carbocycles. The van der Waals surface area contributed by atoms with Gasteiger partial charge in [0.2, 0.25) is 0 Å². The molecule has 1 nitrogen and oxygen atoms in total. The highest BCUT2D eigenvalue weighted by molar-refractivity contribution is 6.31. The second-order valence-electron chi connectivity index (χ2n) is 4.06. The molecule has 1 N–H and O–H groups in total. The predicted octanol–water partition coefficient (Wildman–Crippen LogP) is 3.82. The molecule has 0 bridgehead atoms. The molecular weight excluding hydrogens is 227 g/mol. The summed E-state index contributed by atoms with van der Waals surface area (Å²) in [6.45, 7) is 4.09. The van der Waals surface area contributed by atoms with E-state index in [-0.39, 0.29) is 10.9 Å². The van der Waals surface area contributed by atoms with E-state index in [9.17, 15) is 9.50 Å². The summed E-state index contributed by atoms with van der Waals surface area (Å²) < 4.78 is 13.2. The van der Waals surface area contributed by atoms with Crippen LogP contribution in [0, 0.1) is 11.7 Å². The van der Waals surface area contributed by atoms with E-state index in [1.54, 1.807) is 12.1 Å². The SMILES string of the molecule is CCC(CC)C(O)Cc1cccc(F)c1Cl. The summed E-state index contributed by atoms with van der Waals surface area (Å²) in [6, 6.07) is 4.71. The number of benzene rings is 1. The maximum absolute atomic E-state index is 13.2. The second-order valence-corrected chi connectivity index (χ2v) is 4.44. The quantitative estimate of drug-likeness (QED) is 0.835. The van der Waals surface area contributed by atoms with E-state index in [0.29, 0.717) is 12.0 Å². The van der Waals surface area contributed by atoms with Crippen LogP contribution in [0.4, 0.5) is 4.39 Å². The standard InChI is InChI=1S/C13H18ClFO/c1-3-9(4-2)12(16)8-10-6-5-7-11(15)13(10)14/h5-7,9,12,16H,3-4,8H2,1-2H3. The Morgan fingerprint density at radius 2 is 1.94 bits per heavy atom. The van der Waals surface area contributed by atoms with Crippen LogP contribution in [-0.4, -0.2) is 11.2 Å². The molecule has 0 radical (unpaired) electrons. The van der Waals surface area contributed by atoms with E-state index < -0.39 is 11.9 Å². The molecule has 1 rings (SSSR count). The third kappa shape index (κ3) is 3.19. The van der Waals surface area contributed by atoms with Gasteiger partial charge in [0.05, 0.1) is 11.1 Å². The Morgan fingerprint density at radius 3 is 2.50 bits per heavy atom. The van der Waals surface area contributed by atoms with E-state index in [1.165, 1.54) is 6.07 Å². The minimum atomic E-state index is -0.450. The summed E-state index contributed by atoms with van der Waals surface area (Å²) in [5.41, 5.74) is 0.682. The van der Waals surface area contributed by atoms with E-state index >= 15 is 0 Å². The van der Waals surface area contributed by atoms with Gasteiger partial charge < -0.3 is 5.11 Å². The summed E-state index contributed by atoms with van der Waals surface area (Å²) in [7, 11) is 0. The van der Waals surface area contributed by atoms with Gasteiger partial charge in [0.1, 0.15) is 5.82 Å². The Bertz CT molecular complexity index is 337. The lowest BCUT2D eigenvalue weighted by molar-refractivity contribution is 0.103. The average molecular weight is 245 g/mol. The Kier molecular flexibility index (Phi) is 5.23. The van der Waals surface area contributed by atoms with Crippen molar-refractivity contribution in [2.24, 2.45) is 5.92 Å². The van der Waals surface area contributed by atoms with Crippen LogP contribution >= 0.6 is 11.6 Å². The van der Waals surface area contributed by atoms with Crippen molar-refractivity contribution in [2.75, 3.05) is 0 Å². The van der Waals surface area contributed by atoms with Gasteiger partial charge in [-0.05, 0) is 17.5 Å². The lowest BCUT2D eigenvalue weighted by Gasteiger charge is -2.20. The summed E-state index contributed by atoms with van der Waals surface area (Å²) in [6.07, 6.45) is 1.81. The predicted molar refractivity (Wildman–Crippen MR) is 65.2 cm³/mol. The maximum Gasteiger partial charge on any atom is 0.142 e. The third-order valence-electron chi connectivity index (χ3n) is 3.05. The van der Waals surface area contributed by atoms with Gasteiger partial charge in [-0.1, -0.05) is 50.4 Å². The fourth-order valence-electron chi connectivity index (χ4n) is 1.93. The van der Waals surface area contributed by atoms with Gasteiger partial charge in [0.25, 0.3) is 0 Å². The van der Waals surface area contributed by atoms with Crippen molar-refractivity contribution in [3.8, 4) is 0 Å². The molecule has 1 aromatic rings. The number of rotatable bonds is 5. The van der Waals surface area contributed by atoms with Crippen molar-refractivity contribution in [1.29, 1.82) is 0 Å². The van der Waals surface area contributed by atoms with Crippen molar-refractivity contribution in [3.05, 3.63) is 34.6 Å². The van der Waals surface area contributed by atoms with Crippen LogP contribution < -0.4 is 0 Å². The molecular formula is C13H18ClFO. The smallest absolute Gasteiger partial charge is 0.142 e. The van der Waals surface area contributed by atoms with Crippen LogP contribution in [0.5, 0.6) is 0 Å². The van der Waals surface area contributed by atoms with Crippen LogP contribution in [-0.2, 0) is 6.42 Å². The van der Waals surface area contributed by atoms with Gasteiger partial charge in [0.15, 0.2) is 0 Å². The molecule has 1 atom stereocenters. The van der Waals surface area contributed by atoms with E-state index in [2.05, 4.69) is 0 Å². The summed E-state index contributed by atoms with van der Waals surface area (Å²) in [5, 5.41) is 10.1. The number of hydrogen-bond acceptors (Lipinski definition) is 1. The molecule has 1 unspecified atom stereocenters. The number of hydrogen-bond donors (Lipinski definition) is 1. The molecule has 1 aromatic carbocycles. The van der Waals surface area contributed by atoms with Gasteiger partial charge in [-0.25, -0.2) is 4.39 Å². The average Bonchev–Trinajstić information content (AvgIpc) is 2.26. The van der Waals surface area contributed by atoms with Crippen molar-refractivity contribution in [3.63, 3.8) is 0 Å². The number of halogens is 2. The zero-order valence-electron chi connectivity index (χ0n) is 9.71. The molecule has 3 heteroatoms. The van der Waals surface area contributed by atoms with Gasteiger partial charge in [-0.15, -0.1) is 0 Å². The molecule has 0 aromatic heterocycles. The Balaban J connectivity index is 2.76. The fraction of sp³-hybridized carbons (Fsp3) is 0.538. The first-order chi connectivity index (χ1) is 7.60. The van der Waals surface area contributed by atoms with Crippen LogP contribution in [0.1, 0.15) is 32.3 Å². The van der Waals surface area contributed by atoms with Crippen molar-refractivity contribution < 1.29 is 9.50 Å². The normalized spacial score (nSPS) is 13.1. The number of aliphatic hydroxyl groups is 1. The molecule has 0 fully saturated rings. The zero-order valence-corrected chi connectivity index (χ0v) is 10.5. The largest absolute Gasteiger partial charge is 0.392 e. The summed E-state index contributed by atoms with van der Waals surface area (Å²) in [4.78, 5) is 0. The second kappa shape index (κ2) is 6.21. The van der Waals surface area contributed by atoms with Gasteiger partial charge in [-0.2, -0.15) is 0 Å². The molecule has 16 heavy (non-hydrogen) atoms. The van der Waals surface area contributed by atoms with Crippen LogP contribution in [0.3, 0.4) is 0 Å². The Labute approximate surface area is 101 Å². The Morgan fingerprint density at radius 1 is 1.31 bits per heavy atom. The van der Waals surface area contributed by atoms with Crippen LogP contribution in [0.15, 0.2) is 18.2 Å². The molecule has 0 saturated carbocycles. The highest BCUT2D eigenvalue weighted by Crippen LogP contribution is 2.24. The minimum Gasteiger partial charge on any atom is -0.392 e. The topological polar surface area (TPSA) is 20.2 Å². The summed E-state index contributed by atoms with van der Waals surface area (Å²) in [5.74, 6) is -0.171. The monoisotopic (exact) mass is 244 g/mol. The van der Waals surface area contributed by atoms with Crippen LogP contribution in [0.25, 0.3) is 0 Å². The third-order valence-corrected chi connectivity index (χ3v) is 3.48. The lowest BCUT2D eigenvalue weighted by Crippen LogP contribution is -2.22. The van der Waals surface area contributed by atoms with E-state index in [4.69, 9.17) is 11.6 Å². The van der Waals surface area contributed by atoms with E-state index in [0.717, 1.165) is 12.8 Å². The summed E-state index contributed by atoms with van der Waals surface area (Å²) >= 11 is 5.84. The molecule has 0 spiro atoms. The number of aliphatic hydroxyl groups excluding tert-OH is 1. The molecule has 0 saturated heterocycles. The van der Waals surface area contributed by atoms with Crippen LogP contribution in [0.2, 0.25) is 5.02 Å². The molecule has 0 aliphatic rings. The first kappa shape index (κ1) is 13.5. The highest BCUT2D eigenvalue weighted by atomic mass is 35.5. The Hall–Kier alpha value is -0.600. The van der Waals surface area contributed by atoms with Crippen molar-refractivity contribution >= 4 is 11.6 Å². The molecule has 0 aliphatic heterocycles. The minimum absolute atomic E-state index is 0.132. The first-order valence-corrected chi connectivity index (χ1v) is 6.08. The van der Waals surface area contributed by atoms with Gasteiger partial charge >= 0.3 is 0 Å². The molecule has 0 amide bonds. The van der Waals surface area contributed by atoms with E-state index in [1.807, 2.05) is 13.8 Å². The molecule has 0 heterocycles.